The Bertz CT molecular complexity index is 958. The lowest BCUT2D eigenvalue weighted by atomic mass is 10.1. The van der Waals surface area contributed by atoms with E-state index in [0.717, 1.165) is 6.07 Å². The molecule has 0 aliphatic carbocycles. The van der Waals surface area contributed by atoms with Gasteiger partial charge in [-0.3, -0.25) is 10.1 Å². The van der Waals surface area contributed by atoms with Gasteiger partial charge in [-0.25, -0.2) is 13.1 Å². The van der Waals surface area contributed by atoms with E-state index in [1.165, 1.54) is 12.1 Å². The molecule has 0 unspecified atom stereocenters. The summed E-state index contributed by atoms with van der Waals surface area (Å²) in [5.74, 6) is 1.18. The van der Waals surface area contributed by atoms with E-state index in [0.29, 0.717) is 35.8 Å². The highest BCUT2D eigenvalue weighted by molar-refractivity contribution is 7.89. The number of nitrogens with zero attached hydrogens (tertiary/aromatic N) is 1. The van der Waals surface area contributed by atoms with E-state index >= 15 is 0 Å². The first-order chi connectivity index (χ1) is 12.3. The molecule has 0 saturated heterocycles. The average Bonchev–Trinajstić information content (AvgIpc) is 2.60. The standard InChI is InChI=1S/C17H18N2O6S/c1-11-3-5-14(19(20)21)10-17(11)26(22,23)18-12(2)13-4-6-15-16(9-13)25-8-7-24-15/h3-6,9-10,12,18H,7-8H2,1-2H3/t12-/m1/s1. The van der Waals surface area contributed by atoms with Crippen LogP contribution in [0.15, 0.2) is 41.3 Å². The first kappa shape index (κ1) is 18.2. The van der Waals surface area contributed by atoms with E-state index in [-0.39, 0.29) is 10.6 Å². The van der Waals surface area contributed by atoms with Gasteiger partial charge < -0.3 is 9.47 Å². The van der Waals surface area contributed by atoms with Gasteiger partial charge in [-0.15, -0.1) is 0 Å². The Morgan fingerprint density at radius 2 is 1.81 bits per heavy atom. The van der Waals surface area contributed by atoms with Crippen molar-refractivity contribution in [2.24, 2.45) is 0 Å². The molecular formula is C17H18N2O6S. The van der Waals surface area contributed by atoms with Crippen LogP contribution in [0.25, 0.3) is 0 Å². The molecule has 0 amide bonds. The Balaban J connectivity index is 1.87. The van der Waals surface area contributed by atoms with Crippen molar-refractivity contribution in [1.29, 1.82) is 0 Å². The Kier molecular flexibility index (Phi) is 4.84. The number of sulfonamides is 1. The lowest BCUT2D eigenvalue weighted by molar-refractivity contribution is -0.385. The van der Waals surface area contributed by atoms with E-state index in [4.69, 9.17) is 9.47 Å². The summed E-state index contributed by atoms with van der Waals surface area (Å²) in [6.07, 6.45) is 0. The van der Waals surface area contributed by atoms with Crippen LogP contribution in [0.4, 0.5) is 5.69 Å². The number of nitrogens with one attached hydrogen (secondary N) is 1. The molecule has 0 saturated carbocycles. The second-order valence-electron chi connectivity index (χ2n) is 5.95. The van der Waals surface area contributed by atoms with Crippen LogP contribution in [-0.2, 0) is 10.0 Å². The van der Waals surface area contributed by atoms with Gasteiger partial charge in [0.25, 0.3) is 5.69 Å². The molecule has 0 radical (unpaired) electrons. The zero-order valence-electron chi connectivity index (χ0n) is 14.3. The van der Waals surface area contributed by atoms with Gasteiger partial charge in [-0.2, -0.15) is 0 Å². The Labute approximate surface area is 150 Å². The number of nitro benzene ring substituents is 1. The van der Waals surface area contributed by atoms with Crippen molar-refractivity contribution in [2.45, 2.75) is 24.8 Å². The quantitative estimate of drug-likeness (QED) is 0.633. The molecule has 0 spiro atoms. The Morgan fingerprint density at radius 3 is 2.50 bits per heavy atom. The molecule has 2 aromatic rings. The van der Waals surface area contributed by atoms with Gasteiger partial charge in [0.15, 0.2) is 11.5 Å². The van der Waals surface area contributed by atoms with Crippen LogP contribution in [0.1, 0.15) is 24.1 Å². The van der Waals surface area contributed by atoms with Gasteiger partial charge in [-0.05, 0) is 37.1 Å². The van der Waals surface area contributed by atoms with Crippen molar-refractivity contribution in [1.82, 2.24) is 4.72 Å². The van der Waals surface area contributed by atoms with Crippen LogP contribution in [-0.4, -0.2) is 26.6 Å². The number of nitro groups is 1. The molecule has 26 heavy (non-hydrogen) atoms. The van der Waals surface area contributed by atoms with Crippen molar-refractivity contribution in [3.63, 3.8) is 0 Å². The summed E-state index contributed by atoms with van der Waals surface area (Å²) in [5, 5.41) is 10.9. The van der Waals surface area contributed by atoms with E-state index in [2.05, 4.69) is 4.72 Å². The van der Waals surface area contributed by atoms with Crippen LogP contribution in [0.3, 0.4) is 0 Å². The fraction of sp³-hybridized carbons (Fsp3) is 0.294. The molecule has 0 fully saturated rings. The highest BCUT2D eigenvalue weighted by atomic mass is 32.2. The van der Waals surface area contributed by atoms with Gasteiger partial charge >= 0.3 is 0 Å². The molecular weight excluding hydrogens is 360 g/mol. The van der Waals surface area contributed by atoms with Gasteiger partial charge in [0, 0.05) is 18.2 Å². The van der Waals surface area contributed by atoms with Crippen molar-refractivity contribution >= 4 is 15.7 Å². The summed E-state index contributed by atoms with van der Waals surface area (Å²) in [7, 11) is -3.94. The second-order valence-corrected chi connectivity index (χ2v) is 7.64. The van der Waals surface area contributed by atoms with Crippen molar-refractivity contribution in [2.75, 3.05) is 13.2 Å². The normalized spacial score (nSPS) is 14.7. The third-order valence-electron chi connectivity index (χ3n) is 4.07. The zero-order chi connectivity index (χ0) is 18.9. The van der Waals surface area contributed by atoms with E-state index in [9.17, 15) is 18.5 Å². The van der Waals surface area contributed by atoms with Gasteiger partial charge in [0.2, 0.25) is 10.0 Å². The number of fused-ring (bicyclic) bond motifs is 1. The predicted molar refractivity (Wildman–Crippen MR) is 94.0 cm³/mol. The predicted octanol–water partition coefficient (Wildman–Crippen LogP) is 2.71. The largest absolute Gasteiger partial charge is 0.486 e. The summed E-state index contributed by atoms with van der Waals surface area (Å²) in [4.78, 5) is 10.2. The molecule has 1 aliphatic heterocycles. The molecule has 0 bridgehead atoms. The van der Waals surface area contributed by atoms with Crippen molar-refractivity contribution in [3.05, 3.63) is 57.6 Å². The smallest absolute Gasteiger partial charge is 0.270 e. The third kappa shape index (κ3) is 3.63. The molecule has 138 valence electrons. The molecule has 1 aliphatic rings. The van der Waals surface area contributed by atoms with Crippen LogP contribution < -0.4 is 14.2 Å². The Hall–Kier alpha value is -2.65. The fourth-order valence-corrected chi connectivity index (χ4v) is 4.18. The molecule has 0 aromatic heterocycles. The lowest BCUT2D eigenvalue weighted by Crippen LogP contribution is -2.27. The number of aryl methyl sites for hydroxylation is 1. The molecule has 1 atom stereocenters. The minimum absolute atomic E-state index is 0.115. The van der Waals surface area contributed by atoms with E-state index in [1.807, 2.05) is 0 Å². The maximum atomic E-state index is 12.7. The van der Waals surface area contributed by atoms with E-state index < -0.39 is 21.0 Å². The topological polar surface area (TPSA) is 108 Å². The number of benzene rings is 2. The SMILES string of the molecule is Cc1ccc([N+](=O)[O-])cc1S(=O)(=O)N[C@H](C)c1ccc2c(c1)OCCO2. The maximum absolute atomic E-state index is 12.7. The number of non-ortho nitro benzene ring substituents is 1. The fourth-order valence-electron chi connectivity index (χ4n) is 2.69. The average molecular weight is 378 g/mol. The van der Waals surface area contributed by atoms with Crippen LogP contribution in [0.5, 0.6) is 11.5 Å². The van der Waals surface area contributed by atoms with Crippen molar-refractivity contribution < 1.29 is 22.8 Å². The highest BCUT2D eigenvalue weighted by Crippen LogP contribution is 2.33. The van der Waals surface area contributed by atoms with Crippen LogP contribution in [0, 0.1) is 17.0 Å². The zero-order valence-corrected chi connectivity index (χ0v) is 15.1. The first-order valence-electron chi connectivity index (χ1n) is 7.95. The minimum Gasteiger partial charge on any atom is -0.486 e. The Morgan fingerprint density at radius 1 is 1.12 bits per heavy atom. The maximum Gasteiger partial charge on any atom is 0.270 e. The molecule has 2 aromatic carbocycles. The first-order valence-corrected chi connectivity index (χ1v) is 9.43. The monoisotopic (exact) mass is 378 g/mol. The summed E-state index contributed by atoms with van der Waals surface area (Å²) < 4.78 is 38.9. The molecule has 1 N–H and O–H groups in total. The van der Waals surface area contributed by atoms with Crippen LogP contribution >= 0.6 is 0 Å². The third-order valence-corrected chi connectivity index (χ3v) is 5.75. The number of rotatable bonds is 5. The summed E-state index contributed by atoms with van der Waals surface area (Å²) >= 11 is 0. The van der Waals surface area contributed by atoms with Gasteiger partial charge in [0.05, 0.1) is 9.82 Å². The molecule has 3 rings (SSSR count). The molecule has 8 nitrogen and oxygen atoms in total. The van der Waals surface area contributed by atoms with E-state index in [1.54, 1.807) is 32.0 Å². The van der Waals surface area contributed by atoms with Crippen LogP contribution in [0.2, 0.25) is 0 Å². The van der Waals surface area contributed by atoms with Crippen molar-refractivity contribution in [3.8, 4) is 11.5 Å². The second kappa shape index (κ2) is 6.93. The summed E-state index contributed by atoms with van der Waals surface area (Å²) in [5.41, 5.74) is 0.848. The summed E-state index contributed by atoms with van der Waals surface area (Å²) in [6, 6.07) is 8.40. The minimum atomic E-state index is -3.94. The molecule has 1 heterocycles. The van der Waals surface area contributed by atoms with Gasteiger partial charge in [0.1, 0.15) is 13.2 Å². The number of hydrogen-bond donors (Lipinski definition) is 1. The number of ether oxygens (including phenoxy) is 2. The highest BCUT2D eigenvalue weighted by Gasteiger charge is 2.24. The molecule has 9 heteroatoms. The van der Waals surface area contributed by atoms with Gasteiger partial charge in [-0.1, -0.05) is 12.1 Å². The number of hydrogen-bond acceptors (Lipinski definition) is 6. The lowest BCUT2D eigenvalue weighted by Gasteiger charge is -2.21. The summed E-state index contributed by atoms with van der Waals surface area (Å²) in [6.45, 7) is 4.19.